The zero-order chi connectivity index (χ0) is 28.4. The van der Waals surface area contributed by atoms with Gasteiger partial charge in [-0.2, -0.15) is 15.5 Å². The van der Waals surface area contributed by atoms with Crippen LogP contribution in [0, 0.1) is 23.2 Å². The van der Waals surface area contributed by atoms with Gasteiger partial charge in [-0.1, -0.05) is 6.07 Å². The minimum Gasteiger partial charge on any atom is -0.481 e. The molecule has 5 aromatic heterocycles. The van der Waals surface area contributed by atoms with Crippen molar-refractivity contribution in [1.82, 2.24) is 34.3 Å². The van der Waals surface area contributed by atoms with Crippen LogP contribution in [0.15, 0.2) is 67.5 Å². The predicted molar refractivity (Wildman–Crippen MR) is 158 cm³/mol. The first kappa shape index (κ1) is 25.0. The summed E-state index contributed by atoms with van der Waals surface area (Å²) in [6, 6.07) is 14.0. The molecule has 2 bridgehead atoms. The van der Waals surface area contributed by atoms with Crippen LogP contribution in [0.1, 0.15) is 24.0 Å². The van der Waals surface area contributed by atoms with Crippen molar-refractivity contribution in [1.29, 1.82) is 5.26 Å². The minimum absolute atomic E-state index is 0.546. The molecule has 42 heavy (non-hydrogen) atoms. The van der Waals surface area contributed by atoms with E-state index in [1.807, 2.05) is 44.1 Å². The maximum absolute atomic E-state index is 9.77. The molecule has 3 saturated heterocycles. The molecule has 0 aromatic carbocycles. The van der Waals surface area contributed by atoms with Crippen molar-refractivity contribution in [2.24, 2.45) is 18.9 Å². The second kappa shape index (κ2) is 9.67. The van der Waals surface area contributed by atoms with Crippen LogP contribution < -0.4 is 9.64 Å². The number of rotatable bonds is 6. The maximum Gasteiger partial charge on any atom is 0.212 e. The Morgan fingerprint density at radius 1 is 0.905 bits per heavy atom. The molecule has 10 nitrogen and oxygen atoms in total. The summed E-state index contributed by atoms with van der Waals surface area (Å²) in [6.07, 6.45) is 13.8. The van der Waals surface area contributed by atoms with E-state index in [1.165, 1.54) is 18.4 Å². The molecule has 0 radical (unpaired) electrons. The van der Waals surface area contributed by atoms with Gasteiger partial charge in [0.1, 0.15) is 11.9 Å². The second-order valence-corrected chi connectivity index (χ2v) is 11.7. The molecule has 4 atom stereocenters. The standard InChI is InChI=1S/C32H31N9O/c1-38-16-24(14-36-38)22-9-25(32-23(10-33)13-37-41(32)17-22)21-4-7-30(34-12-21)39-18-26-27(19-39)29-6-5-28(26)40(29)15-20-3-8-31(42-2)35-11-20/h3-4,7-9,11-14,16-17,26-29H,5-6,15,18-19H2,1-2H3/t26-,27+,28-,29+. The van der Waals surface area contributed by atoms with Crippen LogP contribution >= 0.6 is 0 Å². The summed E-state index contributed by atoms with van der Waals surface area (Å²) < 4.78 is 8.81. The van der Waals surface area contributed by atoms with Gasteiger partial charge in [-0.15, -0.1) is 0 Å². The van der Waals surface area contributed by atoms with Crippen molar-refractivity contribution in [2.75, 3.05) is 25.1 Å². The fourth-order valence-corrected chi connectivity index (χ4v) is 7.65. The van der Waals surface area contributed by atoms with Crippen LogP contribution in [0.2, 0.25) is 0 Å². The van der Waals surface area contributed by atoms with Gasteiger partial charge in [0, 0.05) is 91.9 Å². The minimum atomic E-state index is 0.546. The molecule has 0 unspecified atom stereocenters. The lowest BCUT2D eigenvalue weighted by molar-refractivity contribution is 0.221. The lowest BCUT2D eigenvalue weighted by atomic mass is 9.82. The number of nitrogens with zero attached hydrogens (tertiary/aromatic N) is 9. The summed E-state index contributed by atoms with van der Waals surface area (Å²) in [7, 11) is 3.56. The highest BCUT2D eigenvalue weighted by atomic mass is 16.5. The van der Waals surface area contributed by atoms with E-state index in [2.05, 4.69) is 55.3 Å². The van der Waals surface area contributed by atoms with Gasteiger partial charge in [0.25, 0.3) is 0 Å². The largest absolute Gasteiger partial charge is 0.481 e. The predicted octanol–water partition coefficient (Wildman–Crippen LogP) is 4.17. The van der Waals surface area contributed by atoms with Crippen molar-refractivity contribution < 1.29 is 4.74 Å². The van der Waals surface area contributed by atoms with E-state index in [9.17, 15) is 5.26 Å². The molecule has 0 N–H and O–H groups in total. The van der Waals surface area contributed by atoms with E-state index in [4.69, 9.17) is 9.72 Å². The molecular weight excluding hydrogens is 526 g/mol. The van der Waals surface area contributed by atoms with Gasteiger partial charge in [-0.25, -0.2) is 14.5 Å². The van der Waals surface area contributed by atoms with Crippen LogP contribution in [0.5, 0.6) is 5.88 Å². The number of hydrogen-bond acceptors (Lipinski definition) is 8. The van der Waals surface area contributed by atoms with E-state index in [0.29, 0.717) is 35.4 Å². The zero-order valence-corrected chi connectivity index (χ0v) is 23.6. The Hall–Kier alpha value is -4.75. The summed E-state index contributed by atoms with van der Waals surface area (Å²) >= 11 is 0. The third kappa shape index (κ3) is 3.96. The number of methoxy groups -OCH3 is 1. The fourth-order valence-electron chi connectivity index (χ4n) is 7.65. The summed E-state index contributed by atoms with van der Waals surface area (Å²) in [5, 5.41) is 18.6. The second-order valence-electron chi connectivity index (χ2n) is 11.7. The van der Waals surface area contributed by atoms with Gasteiger partial charge in [0.2, 0.25) is 5.88 Å². The summed E-state index contributed by atoms with van der Waals surface area (Å²) in [4.78, 5) is 14.6. The first-order chi connectivity index (χ1) is 20.6. The molecule has 0 saturated carbocycles. The summed E-state index contributed by atoms with van der Waals surface area (Å²) in [5.74, 6) is 3.01. The lowest BCUT2D eigenvalue weighted by Gasteiger charge is -2.27. The van der Waals surface area contributed by atoms with Crippen molar-refractivity contribution in [2.45, 2.75) is 31.5 Å². The van der Waals surface area contributed by atoms with E-state index in [-0.39, 0.29) is 0 Å². The van der Waals surface area contributed by atoms with Gasteiger partial charge in [0.05, 0.1) is 30.6 Å². The quantitative estimate of drug-likeness (QED) is 0.307. The normalized spacial score (nSPS) is 23.0. The molecule has 8 rings (SSSR count). The first-order valence-corrected chi connectivity index (χ1v) is 14.5. The Labute approximate surface area is 243 Å². The first-order valence-electron chi connectivity index (χ1n) is 14.5. The molecular formula is C32H31N9O. The zero-order valence-electron chi connectivity index (χ0n) is 23.6. The molecule has 8 heterocycles. The molecule has 3 fully saturated rings. The topological polar surface area (TPSA) is 100 Å². The highest BCUT2D eigenvalue weighted by Gasteiger charge is 2.56. The maximum atomic E-state index is 9.77. The van der Waals surface area contributed by atoms with E-state index >= 15 is 0 Å². The van der Waals surface area contributed by atoms with Gasteiger partial charge >= 0.3 is 0 Å². The SMILES string of the molecule is COc1ccc(CN2[C@@H]3CC[C@H]2[C@H]2CN(c4ccc(-c5cc(-c6cnn(C)c6)cn6ncc(C#N)c56)cn4)C[C@H]23)cn1. The van der Waals surface area contributed by atoms with Gasteiger partial charge in [-0.3, -0.25) is 9.58 Å². The lowest BCUT2D eigenvalue weighted by Crippen LogP contribution is -2.35. The fraction of sp³-hybridized carbons (Fsp3) is 0.344. The third-order valence-corrected chi connectivity index (χ3v) is 9.54. The van der Waals surface area contributed by atoms with Gasteiger partial charge in [0.15, 0.2) is 0 Å². The molecule has 3 aliphatic rings. The summed E-state index contributed by atoms with van der Waals surface area (Å²) in [5.41, 5.74) is 6.47. The van der Waals surface area contributed by atoms with Crippen molar-refractivity contribution in [3.8, 4) is 34.2 Å². The Bertz CT molecular complexity index is 1800. The number of aryl methyl sites for hydroxylation is 1. The Kier molecular flexibility index (Phi) is 5.76. The average Bonchev–Trinajstić information content (AvgIpc) is 3.85. The molecule has 5 aromatic rings. The number of hydrogen-bond donors (Lipinski definition) is 0. The van der Waals surface area contributed by atoms with E-state index in [0.717, 1.165) is 53.2 Å². The average molecular weight is 558 g/mol. The molecule has 0 amide bonds. The monoisotopic (exact) mass is 557 g/mol. The molecule has 10 heteroatoms. The van der Waals surface area contributed by atoms with E-state index in [1.54, 1.807) is 22.5 Å². The number of ether oxygens (including phenoxy) is 1. The molecule has 0 aliphatic carbocycles. The Morgan fingerprint density at radius 2 is 1.74 bits per heavy atom. The van der Waals surface area contributed by atoms with Crippen molar-refractivity contribution in [3.63, 3.8) is 0 Å². The number of anilines is 1. The number of fused-ring (bicyclic) bond motifs is 6. The van der Waals surface area contributed by atoms with Gasteiger partial charge < -0.3 is 9.64 Å². The van der Waals surface area contributed by atoms with Crippen molar-refractivity contribution in [3.05, 3.63) is 78.6 Å². The Morgan fingerprint density at radius 3 is 2.38 bits per heavy atom. The molecule has 0 spiro atoms. The van der Waals surface area contributed by atoms with Gasteiger partial charge in [-0.05, 0) is 48.4 Å². The highest BCUT2D eigenvalue weighted by molar-refractivity contribution is 5.87. The summed E-state index contributed by atoms with van der Waals surface area (Å²) in [6.45, 7) is 3.03. The van der Waals surface area contributed by atoms with Crippen LogP contribution in [0.25, 0.3) is 27.8 Å². The Balaban J connectivity index is 1.04. The van der Waals surface area contributed by atoms with Crippen LogP contribution in [-0.2, 0) is 13.6 Å². The number of aromatic nitrogens is 6. The molecule has 210 valence electrons. The molecule has 3 aliphatic heterocycles. The van der Waals surface area contributed by atoms with Crippen LogP contribution in [0.4, 0.5) is 5.82 Å². The van der Waals surface area contributed by atoms with Crippen LogP contribution in [0.3, 0.4) is 0 Å². The highest BCUT2D eigenvalue weighted by Crippen LogP contribution is 2.50. The van der Waals surface area contributed by atoms with Crippen LogP contribution in [-0.4, -0.2) is 66.5 Å². The number of pyridine rings is 3. The van der Waals surface area contributed by atoms with E-state index < -0.39 is 0 Å². The number of nitriles is 1. The smallest absolute Gasteiger partial charge is 0.212 e. The van der Waals surface area contributed by atoms with Crippen molar-refractivity contribution >= 4 is 11.3 Å². The third-order valence-electron chi connectivity index (χ3n) is 9.54.